The van der Waals surface area contributed by atoms with Crippen LogP contribution in [-0.2, 0) is 0 Å². The first-order valence-corrected chi connectivity index (χ1v) is 8.52. The quantitative estimate of drug-likeness (QED) is 0.916. The van der Waals surface area contributed by atoms with E-state index in [0.29, 0.717) is 0 Å². The molecule has 3 nitrogen and oxygen atoms in total. The molecule has 0 bridgehead atoms. The molecule has 22 heavy (non-hydrogen) atoms. The van der Waals surface area contributed by atoms with E-state index in [9.17, 15) is 4.39 Å². The van der Waals surface area contributed by atoms with Crippen LogP contribution >= 0.6 is 0 Å². The van der Waals surface area contributed by atoms with E-state index in [0.717, 1.165) is 45.4 Å². The zero-order chi connectivity index (χ0) is 14.9. The van der Waals surface area contributed by atoms with Crippen LogP contribution in [0.4, 0.5) is 10.1 Å². The molecule has 4 rings (SSSR count). The van der Waals surface area contributed by atoms with Crippen LogP contribution in [0.3, 0.4) is 0 Å². The highest BCUT2D eigenvalue weighted by molar-refractivity contribution is 5.92. The molecule has 0 amide bonds. The number of hydrogen-bond donors (Lipinski definition) is 1. The first kappa shape index (κ1) is 14.1. The second-order valence-corrected chi connectivity index (χ2v) is 6.61. The molecule has 2 atom stereocenters. The lowest BCUT2D eigenvalue weighted by Crippen LogP contribution is -2.53. The number of nitrogens with zero attached hydrogens (tertiary/aromatic N) is 2. The Labute approximate surface area is 131 Å². The number of piperazine rings is 1. The summed E-state index contributed by atoms with van der Waals surface area (Å²) in [5.41, 5.74) is 2.50. The summed E-state index contributed by atoms with van der Waals surface area (Å²) < 4.78 is 14.2. The maximum absolute atomic E-state index is 14.2. The van der Waals surface area contributed by atoms with E-state index in [-0.39, 0.29) is 6.04 Å². The Balaban J connectivity index is 1.46. The van der Waals surface area contributed by atoms with Crippen molar-refractivity contribution >= 4 is 16.6 Å². The van der Waals surface area contributed by atoms with Crippen LogP contribution in [-0.4, -0.2) is 48.3 Å². The summed E-state index contributed by atoms with van der Waals surface area (Å²) in [5.74, 6) is 0. The van der Waals surface area contributed by atoms with Gasteiger partial charge in [-0.05, 0) is 31.0 Å². The number of aromatic amines is 1. The third-order valence-corrected chi connectivity index (χ3v) is 5.34. The lowest BCUT2D eigenvalue weighted by Gasteiger charge is -2.42. The van der Waals surface area contributed by atoms with Crippen molar-refractivity contribution in [3.63, 3.8) is 0 Å². The average molecular weight is 301 g/mol. The second-order valence-electron chi connectivity index (χ2n) is 6.61. The van der Waals surface area contributed by atoms with Gasteiger partial charge in [0, 0.05) is 55.0 Å². The van der Waals surface area contributed by atoms with Gasteiger partial charge < -0.3 is 9.88 Å². The van der Waals surface area contributed by atoms with Crippen molar-refractivity contribution in [3.8, 4) is 0 Å². The monoisotopic (exact) mass is 301 g/mol. The molecule has 0 spiro atoms. The number of rotatable bonds is 2. The lowest BCUT2D eigenvalue weighted by atomic mass is 9.92. The van der Waals surface area contributed by atoms with Crippen LogP contribution in [0.1, 0.15) is 25.7 Å². The summed E-state index contributed by atoms with van der Waals surface area (Å²) >= 11 is 0. The summed E-state index contributed by atoms with van der Waals surface area (Å²) in [4.78, 5) is 8.11. The van der Waals surface area contributed by atoms with Gasteiger partial charge in [0.05, 0.1) is 0 Å². The second kappa shape index (κ2) is 5.92. The van der Waals surface area contributed by atoms with Crippen molar-refractivity contribution in [1.82, 2.24) is 9.88 Å². The molecule has 4 heteroatoms. The third-order valence-electron chi connectivity index (χ3n) is 5.34. The molecule has 1 aliphatic heterocycles. The number of aromatic nitrogens is 1. The van der Waals surface area contributed by atoms with E-state index in [1.54, 1.807) is 0 Å². The highest BCUT2D eigenvalue weighted by atomic mass is 19.1. The molecule has 2 aliphatic rings. The molecule has 2 aromatic rings. The first-order chi connectivity index (χ1) is 10.8. The number of H-pyrrole nitrogens is 1. The summed E-state index contributed by atoms with van der Waals surface area (Å²) in [7, 11) is 0. The summed E-state index contributed by atoms with van der Waals surface area (Å²) in [5, 5.41) is 1.29. The summed E-state index contributed by atoms with van der Waals surface area (Å²) in [6, 6.07) is 8.74. The van der Waals surface area contributed by atoms with E-state index in [1.807, 2.05) is 6.20 Å². The fourth-order valence-electron chi connectivity index (χ4n) is 4.12. The van der Waals surface area contributed by atoms with Crippen molar-refractivity contribution < 1.29 is 4.39 Å². The number of nitrogens with one attached hydrogen (secondary N) is 1. The molecule has 2 heterocycles. The average Bonchev–Trinajstić information content (AvgIpc) is 3.04. The Morgan fingerprint density at radius 2 is 1.82 bits per heavy atom. The largest absolute Gasteiger partial charge is 0.368 e. The maximum atomic E-state index is 14.2. The van der Waals surface area contributed by atoms with Gasteiger partial charge in [-0.25, -0.2) is 4.39 Å². The fourth-order valence-corrected chi connectivity index (χ4v) is 4.12. The van der Waals surface area contributed by atoms with Gasteiger partial charge in [0.25, 0.3) is 0 Å². The molecule has 1 N–H and O–H groups in total. The zero-order valence-corrected chi connectivity index (χ0v) is 13.0. The van der Waals surface area contributed by atoms with Gasteiger partial charge in [0.15, 0.2) is 0 Å². The van der Waals surface area contributed by atoms with Crippen molar-refractivity contribution in [2.24, 2.45) is 0 Å². The normalized spacial score (nSPS) is 27.4. The molecule has 1 aliphatic carbocycles. The molecule has 1 aromatic heterocycles. The number of alkyl halides is 1. The molecule has 2 unspecified atom stereocenters. The Morgan fingerprint density at radius 3 is 2.64 bits per heavy atom. The van der Waals surface area contributed by atoms with Gasteiger partial charge in [-0.2, -0.15) is 0 Å². The zero-order valence-electron chi connectivity index (χ0n) is 13.0. The van der Waals surface area contributed by atoms with Gasteiger partial charge in [-0.3, -0.25) is 4.90 Å². The minimum atomic E-state index is -0.617. The Kier molecular flexibility index (Phi) is 3.78. The van der Waals surface area contributed by atoms with E-state index in [4.69, 9.17) is 0 Å². The minimum Gasteiger partial charge on any atom is -0.368 e. The standard InChI is InChI=1S/C18H24FN3/c19-15-4-1-2-6-18(15)22-12-10-21(11-13-22)17-7-3-5-16-14(17)8-9-20-16/h3,5,7-9,15,18,20H,1-2,4,6,10-13H2. The fraction of sp³-hybridized carbons (Fsp3) is 0.556. The molecular weight excluding hydrogens is 277 g/mol. The van der Waals surface area contributed by atoms with Crippen LogP contribution in [0.25, 0.3) is 10.9 Å². The predicted molar refractivity (Wildman–Crippen MR) is 89.2 cm³/mol. The molecule has 2 fully saturated rings. The number of benzene rings is 1. The topological polar surface area (TPSA) is 22.3 Å². The molecule has 118 valence electrons. The van der Waals surface area contributed by atoms with Crippen LogP contribution in [0, 0.1) is 0 Å². The first-order valence-electron chi connectivity index (χ1n) is 8.52. The maximum Gasteiger partial charge on any atom is 0.116 e. The van der Waals surface area contributed by atoms with Crippen molar-refractivity contribution in [1.29, 1.82) is 0 Å². The van der Waals surface area contributed by atoms with Crippen molar-refractivity contribution in [2.45, 2.75) is 37.9 Å². The SMILES string of the molecule is FC1CCCCC1N1CCN(c2cccc3[nH]ccc23)CC1. The predicted octanol–water partition coefficient (Wildman–Crippen LogP) is 3.57. The third kappa shape index (κ3) is 2.50. The number of halogens is 1. The van der Waals surface area contributed by atoms with Gasteiger partial charge in [0.2, 0.25) is 0 Å². The summed E-state index contributed by atoms with van der Waals surface area (Å²) in [6.45, 7) is 3.94. The number of fused-ring (bicyclic) bond motifs is 1. The van der Waals surface area contributed by atoms with Crippen molar-refractivity contribution in [3.05, 3.63) is 30.5 Å². The van der Waals surface area contributed by atoms with Gasteiger partial charge in [-0.1, -0.05) is 18.9 Å². The Bertz CT molecular complexity index is 630. The Hall–Kier alpha value is -1.55. The van der Waals surface area contributed by atoms with Crippen LogP contribution in [0.15, 0.2) is 30.5 Å². The van der Waals surface area contributed by atoms with Crippen LogP contribution in [0.2, 0.25) is 0 Å². The van der Waals surface area contributed by atoms with E-state index >= 15 is 0 Å². The highest BCUT2D eigenvalue weighted by Gasteiger charge is 2.32. The van der Waals surface area contributed by atoms with Crippen LogP contribution in [0.5, 0.6) is 0 Å². The van der Waals surface area contributed by atoms with Crippen LogP contribution < -0.4 is 4.90 Å². The molecule has 1 saturated carbocycles. The van der Waals surface area contributed by atoms with E-state index < -0.39 is 6.17 Å². The number of hydrogen-bond acceptors (Lipinski definition) is 2. The van der Waals surface area contributed by atoms with Gasteiger partial charge in [-0.15, -0.1) is 0 Å². The minimum absolute atomic E-state index is 0.166. The smallest absolute Gasteiger partial charge is 0.116 e. The molecule has 1 saturated heterocycles. The highest BCUT2D eigenvalue weighted by Crippen LogP contribution is 2.30. The van der Waals surface area contributed by atoms with E-state index in [1.165, 1.54) is 23.0 Å². The molecule has 0 radical (unpaired) electrons. The van der Waals surface area contributed by atoms with Crippen molar-refractivity contribution in [2.75, 3.05) is 31.1 Å². The number of anilines is 1. The molecule has 1 aromatic carbocycles. The molecular formula is C18H24FN3. The summed E-state index contributed by atoms with van der Waals surface area (Å²) in [6.07, 6.45) is 5.43. The van der Waals surface area contributed by atoms with E-state index in [2.05, 4.69) is 39.0 Å². The Morgan fingerprint density at radius 1 is 1.00 bits per heavy atom. The lowest BCUT2D eigenvalue weighted by molar-refractivity contribution is 0.0714. The van der Waals surface area contributed by atoms with Gasteiger partial charge >= 0.3 is 0 Å². The van der Waals surface area contributed by atoms with Gasteiger partial charge in [0.1, 0.15) is 6.17 Å².